The highest BCUT2D eigenvalue weighted by atomic mass is 35.5. The zero-order chi connectivity index (χ0) is 17.7. The molecule has 2 rings (SSSR count). The van der Waals surface area contributed by atoms with Gasteiger partial charge in [-0.25, -0.2) is 0 Å². The molecule has 1 N–H and O–H groups in total. The number of carbonyl (C=O) groups is 1. The van der Waals surface area contributed by atoms with Crippen molar-refractivity contribution in [3.8, 4) is 5.75 Å². The van der Waals surface area contributed by atoms with E-state index >= 15 is 0 Å². The van der Waals surface area contributed by atoms with Gasteiger partial charge in [0.25, 0.3) is 5.91 Å². The minimum atomic E-state index is -0.237. The molecule has 2 aromatic carbocycles. The second-order valence-electron chi connectivity index (χ2n) is 5.71. The molecular formula is C18H20Cl2N2O2. The fourth-order valence-electron chi connectivity index (χ4n) is 2.30. The van der Waals surface area contributed by atoms with Crippen molar-refractivity contribution in [3.63, 3.8) is 0 Å². The molecular weight excluding hydrogens is 347 g/mol. The molecule has 0 aliphatic carbocycles. The summed E-state index contributed by atoms with van der Waals surface area (Å²) in [7, 11) is 5.53. The first-order valence-electron chi connectivity index (χ1n) is 7.44. The molecule has 0 saturated heterocycles. The van der Waals surface area contributed by atoms with Crippen LogP contribution in [0.3, 0.4) is 0 Å². The van der Waals surface area contributed by atoms with E-state index in [-0.39, 0.29) is 5.91 Å². The molecule has 0 aliphatic rings. The Bertz CT molecular complexity index is 692. The largest absolute Gasteiger partial charge is 0.494 e. The second-order valence-corrected chi connectivity index (χ2v) is 6.52. The fourth-order valence-corrected chi connectivity index (χ4v) is 2.94. The molecule has 0 fully saturated rings. The Balaban J connectivity index is 2.00. The van der Waals surface area contributed by atoms with E-state index in [2.05, 4.69) is 22.3 Å². The molecule has 0 aromatic heterocycles. The van der Waals surface area contributed by atoms with Crippen LogP contribution in [0.2, 0.25) is 10.0 Å². The Morgan fingerprint density at radius 3 is 2.12 bits per heavy atom. The van der Waals surface area contributed by atoms with Gasteiger partial charge in [0.15, 0.2) is 5.75 Å². The maximum Gasteiger partial charge on any atom is 0.251 e. The Kier molecular flexibility index (Phi) is 6.49. The van der Waals surface area contributed by atoms with Gasteiger partial charge in [0.05, 0.1) is 17.2 Å². The summed E-state index contributed by atoms with van der Waals surface area (Å²) in [5.41, 5.74) is 2.65. The van der Waals surface area contributed by atoms with Crippen molar-refractivity contribution in [2.75, 3.05) is 21.2 Å². The smallest absolute Gasteiger partial charge is 0.251 e. The monoisotopic (exact) mass is 366 g/mol. The number of halogens is 2. The average Bonchev–Trinajstić information content (AvgIpc) is 2.53. The third kappa shape index (κ3) is 4.87. The molecule has 0 heterocycles. The van der Waals surface area contributed by atoms with Crippen LogP contribution in [-0.4, -0.2) is 32.0 Å². The molecule has 0 unspecified atom stereocenters. The number of nitrogens with zero attached hydrogens (tertiary/aromatic N) is 1. The number of nitrogens with one attached hydrogen (secondary N) is 1. The third-order valence-corrected chi connectivity index (χ3v) is 4.00. The second kappa shape index (κ2) is 8.38. The number of amides is 1. The molecule has 0 atom stereocenters. The van der Waals surface area contributed by atoms with Gasteiger partial charge in [-0.2, -0.15) is 0 Å². The van der Waals surface area contributed by atoms with Crippen LogP contribution >= 0.6 is 23.2 Å². The molecule has 128 valence electrons. The van der Waals surface area contributed by atoms with E-state index in [1.54, 1.807) is 12.1 Å². The van der Waals surface area contributed by atoms with Crippen LogP contribution in [0.25, 0.3) is 0 Å². The third-order valence-electron chi connectivity index (χ3n) is 3.44. The van der Waals surface area contributed by atoms with Crippen LogP contribution in [0.1, 0.15) is 21.5 Å². The van der Waals surface area contributed by atoms with E-state index < -0.39 is 0 Å². The first-order valence-corrected chi connectivity index (χ1v) is 8.20. The van der Waals surface area contributed by atoms with E-state index in [0.29, 0.717) is 27.9 Å². The van der Waals surface area contributed by atoms with Crippen LogP contribution in [0.5, 0.6) is 5.75 Å². The van der Waals surface area contributed by atoms with E-state index in [1.165, 1.54) is 12.7 Å². The van der Waals surface area contributed by atoms with Crippen molar-refractivity contribution < 1.29 is 9.53 Å². The summed E-state index contributed by atoms with van der Waals surface area (Å²) in [5.74, 6) is 0.130. The molecule has 24 heavy (non-hydrogen) atoms. The molecule has 0 saturated carbocycles. The SMILES string of the molecule is COc1c(Cl)cc(C(=O)NCc2ccc(CN(C)C)cc2)cc1Cl. The van der Waals surface area contributed by atoms with Crippen molar-refractivity contribution in [2.45, 2.75) is 13.1 Å². The predicted octanol–water partition coefficient (Wildman–Crippen LogP) is 3.99. The summed E-state index contributed by atoms with van der Waals surface area (Å²) >= 11 is 12.1. The normalized spacial score (nSPS) is 10.8. The van der Waals surface area contributed by atoms with E-state index in [1.807, 2.05) is 26.2 Å². The highest BCUT2D eigenvalue weighted by molar-refractivity contribution is 6.37. The van der Waals surface area contributed by atoms with Crippen LogP contribution in [-0.2, 0) is 13.1 Å². The summed E-state index contributed by atoms with van der Waals surface area (Å²) in [6.45, 7) is 1.32. The summed E-state index contributed by atoms with van der Waals surface area (Å²) in [6, 6.07) is 11.2. The van der Waals surface area contributed by atoms with Gasteiger partial charge in [-0.15, -0.1) is 0 Å². The Hall–Kier alpha value is -1.75. The van der Waals surface area contributed by atoms with E-state index in [9.17, 15) is 4.79 Å². The number of carbonyl (C=O) groups excluding carboxylic acids is 1. The van der Waals surface area contributed by atoms with Gasteiger partial charge in [-0.3, -0.25) is 4.79 Å². The van der Waals surface area contributed by atoms with Crippen molar-refractivity contribution in [1.82, 2.24) is 10.2 Å². The zero-order valence-corrected chi connectivity index (χ0v) is 15.4. The summed E-state index contributed by atoms with van der Waals surface area (Å²) in [6.07, 6.45) is 0. The lowest BCUT2D eigenvalue weighted by molar-refractivity contribution is 0.0951. The molecule has 0 aliphatic heterocycles. The van der Waals surface area contributed by atoms with Gasteiger partial charge in [0.2, 0.25) is 0 Å². The lowest BCUT2D eigenvalue weighted by atomic mass is 10.1. The lowest BCUT2D eigenvalue weighted by Crippen LogP contribution is -2.22. The quantitative estimate of drug-likeness (QED) is 0.839. The van der Waals surface area contributed by atoms with Crippen LogP contribution in [0.15, 0.2) is 36.4 Å². The van der Waals surface area contributed by atoms with Crippen molar-refractivity contribution >= 4 is 29.1 Å². The minimum absolute atomic E-state index is 0.237. The molecule has 0 bridgehead atoms. The lowest BCUT2D eigenvalue weighted by Gasteiger charge is -2.11. The molecule has 2 aromatic rings. The first kappa shape index (κ1) is 18.6. The highest BCUT2D eigenvalue weighted by Crippen LogP contribution is 2.33. The number of hydrogen-bond donors (Lipinski definition) is 1. The molecule has 0 spiro atoms. The average molecular weight is 367 g/mol. The van der Waals surface area contributed by atoms with E-state index in [4.69, 9.17) is 27.9 Å². The Morgan fingerprint density at radius 2 is 1.62 bits per heavy atom. The molecule has 6 heteroatoms. The standard InChI is InChI=1S/C18H20Cl2N2O2/c1-22(2)11-13-6-4-12(5-7-13)10-21-18(23)14-8-15(19)17(24-3)16(20)9-14/h4-9H,10-11H2,1-3H3,(H,21,23). The van der Waals surface area contributed by atoms with Crippen LogP contribution in [0, 0.1) is 0 Å². The number of rotatable bonds is 6. The Morgan fingerprint density at radius 1 is 1.08 bits per heavy atom. The van der Waals surface area contributed by atoms with Gasteiger partial charge in [-0.05, 0) is 37.4 Å². The maximum atomic E-state index is 12.3. The van der Waals surface area contributed by atoms with Crippen LogP contribution < -0.4 is 10.1 Å². The topological polar surface area (TPSA) is 41.6 Å². The van der Waals surface area contributed by atoms with Crippen LogP contribution in [0.4, 0.5) is 0 Å². The van der Waals surface area contributed by atoms with Gasteiger partial charge >= 0.3 is 0 Å². The minimum Gasteiger partial charge on any atom is -0.494 e. The summed E-state index contributed by atoms with van der Waals surface area (Å²) in [5, 5.41) is 3.48. The van der Waals surface area contributed by atoms with Crippen molar-refractivity contribution in [1.29, 1.82) is 0 Å². The molecule has 1 amide bonds. The van der Waals surface area contributed by atoms with E-state index in [0.717, 1.165) is 12.1 Å². The number of benzene rings is 2. The van der Waals surface area contributed by atoms with Gasteiger partial charge < -0.3 is 15.0 Å². The zero-order valence-electron chi connectivity index (χ0n) is 13.9. The number of hydrogen-bond acceptors (Lipinski definition) is 3. The first-order chi connectivity index (χ1) is 11.4. The van der Waals surface area contributed by atoms with Gasteiger partial charge in [0, 0.05) is 18.7 Å². The maximum absolute atomic E-state index is 12.3. The fraction of sp³-hybridized carbons (Fsp3) is 0.278. The Labute approximate surface area is 152 Å². The van der Waals surface area contributed by atoms with Crippen molar-refractivity contribution in [2.24, 2.45) is 0 Å². The number of ether oxygens (including phenoxy) is 1. The summed E-state index contributed by atoms with van der Waals surface area (Å²) in [4.78, 5) is 14.4. The molecule has 0 radical (unpaired) electrons. The predicted molar refractivity (Wildman–Crippen MR) is 98.0 cm³/mol. The van der Waals surface area contributed by atoms with Gasteiger partial charge in [-0.1, -0.05) is 47.5 Å². The van der Waals surface area contributed by atoms with Gasteiger partial charge in [0.1, 0.15) is 0 Å². The number of methoxy groups -OCH3 is 1. The van der Waals surface area contributed by atoms with Crippen molar-refractivity contribution in [3.05, 3.63) is 63.1 Å². The highest BCUT2D eigenvalue weighted by Gasteiger charge is 2.13. The molecule has 4 nitrogen and oxygen atoms in total. The summed E-state index contributed by atoms with van der Waals surface area (Å²) < 4.78 is 5.08.